The van der Waals surface area contributed by atoms with Crippen molar-refractivity contribution in [3.63, 3.8) is 0 Å². The van der Waals surface area contributed by atoms with Crippen molar-refractivity contribution < 1.29 is 28.5 Å². The van der Waals surface area contributed by atoms with Crippen LogP contribution in [0.2, 0.25) is 0 Å². The summed E-state index contributed by atoms with van der Waals surface area (Å²) in [5, 5.41) is 0. The third kappa shape index (κ3) is 3.34. The Bertz CT molecular complexity index is 345. The Labute approximate surface area is 125 Å². The Hall–Kier alpha value is -0.820. The zero-order valence-corrected chi connectivity index (χ0v) is 13.1. The summed E-state index contributed by atoms with van der Waals surface area (Å²) in [4.78, 5) is 22.1. The van der Waals surface area contributed by atoms with Crippen LogP contribution in [0.3, 0.4) is 0 Å². The molecule has 0 bridgehead atoms. The third-order valence-electron chi connectivity index (χ3n) is 3.99. The Morgan fingerprint density at radius 2 is 1.05 bits per heavy atom. The van der Waals surface area contributed by atoms with E-state index in [9.17, 15) is 9.59 Å². The topological polar surface area (TPSA) is 71.1 Å². The minimum atomic E-state index is -0.681. The maximum absolute atomic E-state index is 11.0. The average Bonchev–Trinajstić information content (AvgIpc) is 2.48. The van der Waals surface area contributed by atoms with Gasteiger partial charge in [0, 0.05) is 0 Å². The molecule has 0 atom stereocenters. The smallest absolute Gasteiger partial charge is 0.169 e. The van der Waals surface area contributed by atoms with E-state index >= 15 is 0 Å². The fraction of sp³-hybridized carbons (Fsp3) is 0.867. The lowest BCUT2D eigenvalue weighted by Gasteiger charge is -2.47. The zero-order chi connectivity index (χ0) is 15.7. The van der Waals surface area contributed by atoms with E-state index in [1.54, 1.807) is 27.7 Å². The SMILES string of the molecule is CC(C)(C=O)C1OCC2(CO1)COC(C(C)(C)C=O)OC2. The summed E-state index contributed by atoms with van der Waals surface area (Å²) < 4.78 is 22.8. The van der Waals surface area contributed by atoms with Crippen LogP contribution in [-0.4, -0.2) is 51.6 Å². The quantitative estimate of drug-likeness (QED) is 0.726. The van der Waals surface area contributed by atoms with Crippen molar-refractivity contribution in [2.24, 2.45) is 16.2 Å². The minimum absolute atomic E-state index is 0.370. The Kier molecular flexibility index (Phi) is 4.54. The molecule has 0 aromatic rings. The van der Waals surface area contributed by atoms with E-state index in [4.69, 9.17) is 18.9 Å². The van der Waals surface area contributed by atoms with Crippen LogP contribution in [0.1, 0.15) is 27.7 Å². The summed E-state index contributed by atoms with van der Waals surface area (Å²) >= 11 is 0. The van der Waals surface area contributed by atoms with E-state index in [2.05, 4.69) is 0 Å². The third-order valence-corrected chi connectivity index (χ3v) is 3.99. The number of ether oxygens (including phenoxy) is 4. The first kappa shape index (κ1) is 16.5. The molecule has 0 aromatic heterocycles. The second kappa shape index (κ2) is 5.76. The van der Waals surface area contributed by atoms with E-state index in [1.807, 2.05) is 0 Å². The van der Waals surface area contributed by atoms with Gasteiger partial charge in [0.05, 0.1) is 42.7 Å². The van der Waals surface area contributed by atoms with Gasteiger partial charge in [-0.2, -0.15) is 0 Å². The van der Waals surface area contributed by atoms with Crippen LogP contribution in [-0.2, 0) is 28.5 Å². The monoisotopic (exact) mass is 300 g/mol. The highest BCUT2D eigenvalue weighted by atomic mass is 16.7. The summed E-state index contributed by atoms with van der Waals surface area (Å²) in [6, 6.07) is 0. The Morgan fingerprint density at radius 1 is 0.762 bits per heavy atom. The molecular weight excluding hydrogens is 276 g/mol. The van der Waals surface area contributed by atoms with E-state index in [-0.39, 0.29) is 5.41 Å². The highest BCUT2D eigenvalue weighted by Crippen LogP contribution is 2.37. The number of carbonyl (C=O) groups excluding carboxylic acids is 2. The maximum Gasteiger partial charge on any atom is 0.169 e. The lowest BCUT2D eigenvalue weighted by atomic mass is 9.87. The van der Waals surface area contributed by atoms with Gasteiger partial charge in [-0.05, 0) is 27.7 Å². The van der Waals surface area contributed by atoms with Gasteiger partial charge in [-0.1, -0.05) is 0 Å². The average molecular weight is 300 g/mol. The standard InChI is InChI=1S/C15H24O6/c1-13(2,5-16)11-18-7-15(8-19-11)9-20-12(21-10-15)14(3,4)6-17/h5-6,11-12H,7-10H2,1-4H3. The van der Waals surface area contributed by atoms with Crippen LogP contribution in [0.4, 0.5) is 0 Å². The van der Waals surface area contributed by atoms with Crippen LogP contribution in [0, 0.1) is 16.2 Å². The molecule has 0 aromatic carbocycles. The fourth-order valence-corrected chi connectivity index (χ4v) is 2.33. The molecule has 2 fully saturated rings. The molecule has 0 aliphatic carbocycles. The van der Waals surface area contributed by atoms with E-state index < -0.39 is 23.4 Å². The molecule has 2 saturated heterocycles. The fourth-order valence-electron chi connectivity index (χ4n) is 2.33. The summed E-state index contributed by atoms with van der Waals surface area (Å²) in [6.07, 6.45) is 0.577. The number of aldehydes is 2. The van der Waals surface area contributed by atoms with Crippen LogP contribution in [0.25, 0.3) is 0 Å². The largest absolute Gasteiger partial charge is 0.351 e. The van der Waals surface area contributed by atoms with Gasteiger partial charge in [0.25, 0.3) is 0 Å². The molecule has 21 heavy (non-hydrogen) atoms. The molecule has 2 aliphatic heterocycles. The zero-order valence-electron chi connectivity index (χ0n) is 13.1. The molecule has 0 amide bonds. The van der Waals surface area contributed by atoms with Gasteiger partial charge in [-0.15, -0.1) is 0 Å². The predicted octanol–water partition coefficient (Wildman–Crippen LogP) is 1.17. The van der Waals surface area contributed by atoms with Crippen molar-refractivity contribution in [1.29, 1.82) is 0 Å². The van der Waals surface area contributed by atoms with Gasteiger partial charge in [-0.3, -0.25) is 0 Å². The second-order valence-corrected chi connectivity index (χ2v) is 7.29. The van der Waals surface area contributed by atoms with Crippen LogP contribution in [0.15, 0.2) is 0 Å². The van der Waals surface area contributed by atoms with Crippen molar-refractivity contribution in [2.45, 2.75) is 40.3 Å². The highest BCUT2D eigenvalue weighted by Gasteiger charge is 2.47. The van der Waals surface area contributed by atoms with E-state index in [0.717, 1.165) is 12.6 Å². The van der Waals surface area contributed by atoms with Gasteiger partial charge >= 0.3 is 0 Å². The molecule has 2 rings (SSSR count). The van der Waals surface area contributed by atoms with Crippen molar-refractivity contribution >= 4 is 12.6 Å². The molecule has 0 N–H and O–H groups in total. The lowest BCUT2D eigenvalue weighted by molar-refractivity contribution is -0.326. The highest BCUT2D eigenvalue weighted by molar-refractivity contribution is 5.59. The van der Waals surface area contributed by atoms with E-state index in [1.165, 1.54) is 0 Å². The van der Waals surface area contributed by atoms with Gasteiger partial charge in [0.1, 0.15) is 12.6 Å². The molecule has 2 aliphatic rings. The first-order chi connectivity index (χ1) is 9.75. The molecular formula is C15H24O6. The van der Waals surface area contributed by atoms with Crippen molar-refractivity contribution in [3.8, 4) is 0 Å². The van der Waals surface area contributed by atoms with Crippen LogP contribution >= 0.6 is 0 Å². The first-order valence-corrected chi connectivity index (χ1v) is 7.14. The maximum atomic E-state index is 11.0. The molecule has 1 spiro atoms. The summed E-state index contributed by atoms with van der Waals surface area (Å²) in [6.45, 7) is 8.73. The molecule has 6 nitrogen and oxygen atoms in total. The van der Waals surface area contributed by atoms with Crippen molar-refractivity contribution in [1.82, 2.24) is 0 Å². The number of carbonyl (C=O) groups is 2. The van der Waals surface area contributed by atoms with E-state index in [0.29, 0.717) is 26.4 Å². The predicted molar refractivity (Wildman–Crippen MR) is 73.5 cm³/mol. The van der Waals surface area contributed by atoms with Gasteiger partial charge < -0.3 is 28.5 Å². The first-order valence-electron chi connectivity index (χ1n) is 7.14. The van der Waals surface area contributed by atoms with Crippen molar-refractivity contribution in [2.75, 3.05) is 26.4 Å². The molecule has 6 heteroatoms. The van der Waals surface area contributed by atoms with Gasteiger partial charge in [0.2, 0.25) is 0 Å². The number of hydrogen-bond donors (Lipinski definition) is 0. The lowest BCUT2D eigenvalue weighted by Crippen LogP contribution is -2.56. The number of rotatable bonds is 4. The molecule has 0 saturated carbocycles. The summed E-state index contributed by atoms with van der Waals surface area (Å²) in [5.41, 5.74) is -1.73. The van der Waals surface area contributed by atoms with Crippen LogP contribution in [0.5, 0.6) is 0 Å². The molecule has 0 unspecified atom stereocenters. The summed E-state index contributed by atoms with van der Waals surface area (Å²) in [5.74, 6) is 0. The Morgan fingerprint density at radius 3 is 1.29 bits per heavy atom. The number of hydrogen-bond acceptors (Lipinski definition) is 6. The normalized spacial score (nSPS) is 34.7. The second-order valence-electron chi connectivity index (χ2n) is 7.29. The van der Waals surface area contributed by atoms with Crippen LogP contribution < -0.4 is 0 Å². The molecule has 0 radical (unpaired) electrons. The van der Waals surface area contributed by atoms with Gasteiger partial charge in [-0.25, -0.2) is 0 Å². The Balaban J connectivity index is 1.91. The van der Waals surface area contributed by atoms with Gasteiger partial charge in [0.15, 0.2) is 12.6 Å². The molecule has 120 valence electrons. The minimum Gasteiger partial charge on any atom is -0.351 e. The van der Waals surface area contributed by atoms with Crippen molar-refractivity contribution in [3.05, 3.63) is 0 Å². The molecule has 2 heterocycles. The summed E-state index contributed by atoms with van der Waals surface area (Å²) in [7, 11) is 0.